The fraction of sp³-hybridized carbons (Fsp3) is 0.957. The summed E-state index contributed by atoms with van der Waals surface area (Å²) in [6.45, 7) is 64.4. The molecule has 14 rings (SSSR count). The molecule has 14 aliphatic rings. The molecule has 2 amide bonds. The molecule has 16 nitrogen and oxygen atoms in total. The van der Waals surface area contributed by atoms with Crippen LogP contribution in [-0.2, 0) is 46.7 Å². The minimum Gasteiger partial charge on any atom is -0.444 e. The Morgan fingerprint density at radius 1 is 0.532 bits per heavy atom. The maximum Gasteiger partial charge on any atom is 0.410 e. The van der Waals surface area contributed by atoms with Crippen molar-refractivity contribution in [3.05, 3.63) is 12.2 Å². The second-order valence-electron chi connectivity index (χ2n) is 43.5. The number of aliphatic hydroxyl groups is 2. The van der Waals surface area contributed by atoms with Gasteiger partial charge in [-0.25, -0.2) is 9.59 Å². The minimum atomic E-state index is -2.01. The lowest BCUT2D eigenvalue weighted by Crippen LogP contribution is -2.61. The Morgan fingerprint density at radius 2 is 0.874 bits per heavy atom. The van der Waals surface area contributed by atoms with Gasteiger partial charge in [0, 0.05) is 25.3 Å². The zero-order chi connectivity index (χ0) is 78.9. The average Bonchev–Trinajstić information content (AvgIpc) is 1.46. The van der Waals surface area contributed by atoms with Crippen molar-refractivity contribution in [2.24, 2.45) is 107 Å². The Balaban J connectivity index is 0.000000248. The number of aliphatic hydroxyl groups excluding tert-OH is 2. The van der Waals surface area contributed by atoms with E-state index in [-0.39, 0.29) is 123 Å². The Labute approximate surface area is 681 Å². The number of amides is 2. The molecule has 18 heteroatoms. The van der Waals surface area contributed by atoms with Gasteiger partial charge in [0.15, 0.2) is 29.2 Å². The lowest BCUT2D eigenvalue weighted by molar-refractivity contribution is -0.246. The van der Waals surface area contributed by atoms with Crippen LogP contribution in [0.2, 0.25) is 36.3 Å². The van der Waals surface area contributed by atoms with Gasteiger partial charge in [-0.2, -0.15) is 0 Å². The lowest BCUT2D eigenvalue weighted by Gasteiger charge is -2.64. The summed E-state index contributed by atoms with van der Waals surface area (Å²) in [6, 6.07) is 6.83. The molecular formula is C93H170N2O14Si2. The topological polar surface area (TPSA) is 173 Å². The van der Waals surface area contributed by atoms with Crippen LogP contribution in [-0.4, -0.2) is 173 Å². The van der Waals surface area contributed by atoms with E-state index in [9.17, 15) is 19.8 Å². The van der Waals surface area contributed by atoms with Crippen molar-refractivity contribution in [3.63, 3.8) is 0 Å². The number of carbonyl (C=O) groups is 2. The second-order valence-corrected chi connectivity index (χ2v) is 53.0. The average molecular weight is 1600 g/mol. The molecule has 644 valence electrons. The first kappa shape index (κ1) is 91.6. The molecule has 28 atom stereocenters. The summed E-state index contributed by atoms with van der Waals surface area (Å²) in [5, 5.41) is 22.8. The first-order chi connectivity index (χ1) is 50.4. The monoisotopic (exact) mass is 1600 g/mol. The van der Waals surface area contributed by atoms with Gasteiger partial charge in [-0.05, 0) is 290 Å². The van der Waals surface area contributed by atoms with Crippen LogP contribution in [0.25, 0.3) is 0 Å². The number of ether oxygens (including phenoxy) is 8. The smallest absolute Gasteiger partial charge is 0.410 e. The van der Waals surface area contributed by atoms with Crippen molar-refractivity contribution < 1.29 is 68.0 Å². The van der Waals surface area contributed by atoms with Crippen LogP contribution >= 0.6 is 0 Å². The van der Waals surface area contributed by atoms with Crippen molar-refractivity contribution in [1.82, 2.24) is 9.80 Å². The van der Waals surface area contributed by atoms with Crippen LogP contribution in [0, 0.1) is 107 Å². The van der Waals surface area contributed by atoms with Crippen molar-refractivity contribution >= 4 is 28.8 Å². The van der Waals surface area contributed by atoms with E-state index in [1.54, 1.807) is 9.80 Å². The Morgan fingerprint density at radius 3 is 1.22 bits per heavy atom. The third-order valence-corrected chi connectivity index (χ3v) is 45.2. The van der Waals surface area contributed by atoms with Gasteiger partial charge in [-0.3, -0.25) is 0 Å². The quantitative estimate of drug-likeness (QED) is 0.0980. The molecule has 2 unspecified atom stereocenters. The van der Waals surface area contributed by atoms with Crippen molar-refractivity contribution in [2.75, 3.05) is 39.4 Å². The van der Waals surface area contributed by atoms with E-state index in [4.69, 9.17) is 46.7 Å². The molecule has 2 N–H and O–H groups in total. The van der Waals surface area contributed by atoms with Crippen LogP contribution in [0.1, 0.15) is 300 Å². The number of nitrogens with zero attached hydrogens (tertiary/aromatic N) is 2. The second kappa shape index (κ2) is 31.7. The summed E-state index contributed by atoms with van der Waals surface area (Å²) in [4.78, 5) is 29.4. The number of morpholine rings is 2. The number of fused-ring (bicyclic) bond motifs is 8. The molecule has 0 aromatic rings. The maximum absolute atomic E-state index is 13.0. The fourth-order valence-corrected chi connectivity index (χ4v) is 35.7. The highest BCUT2D eigenvalue weighted by Crippen LogP contribution is 2.92. The van der Waals surface area contributed by atoms with Crippen LogP contribution in [0.15, 0.2) is 12.2 Å². The van der Waals surface area contributed by atoms with E-state index in [1.165, 1.54) is 77.0 Å². The van der Waals surface area contributed by atoms with E-state index in [0.717, 1.165) is 67.5 Å². The third-order valence-electron chi connectivity index (χ3n) is 36.0. The van der Waals surface area contributed by atoms with Gasteiger partial charge in [-0.15, -0.1) is 0 Å². The first-order valence-corrected chi connectivity index (χ1v) is 49.6. The first-order valence-electron chi connectivity index (χ1n) is 44.6. The largest absolute Gasteiger partial charge is 0.444 e. The third kappa shape index (κ3) is 14.3. The van der Waals surface area contributed by atoms with Gasteiger partial charge >= 0.3 is 12.2 Å². The lowest BCUT2D eigenvalue weighted by atomic mass is 9.41. The number of rotatable bonds is 18. The zero-order valence-electron chi connectivity index (χ0n) is 72.8. The van der Waals surface area contributed by atoms with E-state index < -0.39 is 52.6 Å². The number of hydrogen-bond acceptors (Lipinski definition) is 14. The van der Waals surface area contributed by atoms with Gasteiger partial charge in [0.1, 0.15) is 17.3 Å². The van der Waals surface area contributed by atoms with Crippen LogP contribution < -0.4 is 0 Å². The Bertz CT molecular complexity index is 3250. The molecule has 4 saturated heterocycles. The fourth-order valence-electron chi connectivity index (χ4n) is 29.9. The molecule has 0 bridgehead atoms. The highest BCUT2D eigenvalue weighted by atomic mass is 28.4. The predicted octanol–water partition coefficient (Wildman–Crippen LogP) is 21.7. The van der Waals surface area contributed by atoms with Crippen molar-refractivity contribution in [2.45, 2.75) is 419 Å². The molecule has 10 aliphatic carbocycles. The molecular weight excluding hydrogens is 1430 g/mol. The highest BCUT2D eigenvalue weighted by molar-refractivity contribution is 6.74. The molecule has 10 saturated carbocycles. The van der Waals surface area contributed by atoms with E-state index in [1.807, 2.05) is 48.5 Å². The summed E-state index contributed by atoms with van der Waals surface area (Å²) >= 11 is 0. The molecule has 0 radical (unpaired) electrons. The van der Waals surface area contributed by atoms with Crippen LogP contribution in [0.3, 0.4) is 0 Å². The normalized spacial score (nSPS) is 44.8. The summed E-state index contributed by atoms with van der Waals surface area (Å²) in [5.74, 6) is 4.34. The van der Waals surface area contributed by atoms with Crippen molar-refractivity contribution in [1.29, 1.82) is 0 Å². The standard InChI is InChI=1S/C45H79NO7Si.C45H77NO7Si.3CH4.H2/c2*1-14-54(15-2,16-3)53-38-37-35(29(6)25-30(50-37)36(47)28(4)5)42(12)21-22-45-27-44(45)20-19-33(41(10,11)31(44)17-18-32(45)43(38,42)13)51-34-26-46(23-24-49-34)39(48)52-40(7,8)9;;;;/h28-38,47H,14-27H2,1-13H3;29-38,47H,4,14-27H2,1-3,5-13H3;3*1H4;1H/t2*29-,30-,31+,32+,33+,34+,35+,36-,37+,38+,42-,43-,44?,45+;;;;/m11..../s1. The maximum atomic E-state index is 13.0. The molecule has 4 aliphatic heterocycles. The van der Waals surface area contributed by atoms with Crippen LogP contribution in [0.5, 0.6) is 0 Å². The van der Waals surface area contributed by atoms with Gasteiger partial charge < -0.3 is 66.8 Å². The van der Waals surface area contributed by atoms with Gasteiger partial charge in [-0.1, -0.05) is 153 Å². The molecule has 14 fully saturated rings. The predicted molar refractivity (Wildman–Crippen MR) is 453 cm³/mol. The van der Waals surface area contributed by atoms with E-state index in [2.05, 4.69) is 131 Å². The number of hydrogen-bond donors (Lipinski definition) is 2. The Hall–Kier alpha value is -1.69. The minimum absolute atomic E-state index is 0. The van der Waals surface area contributed by atoms with E-state index >= 15 is 0 Å². The molecule has 4 heterocycles. The summed E-state index contributed by atoms with van der Waals surface area (Å²) in [5.41, 5.74) is 1.30. The molecule has 4 spiro atoms. The van der Waals surface area contributed by atoms with Crippen molar-refractivity contribution in [3.8, 4) is 0 Å². The molecule has 0 aromatic carbocycles. The summed E-state index contributed by atoms with van der Waals surface area (Å²) < 4.78 is 67.9. The summed E-state index contributed by atoms with van der Waals surface area (Å²) in [7, 11) is -4.00. The molecule has 111 heavy (non-hydrogen) atoms. The number of carbonyl (C=O) groups excluding carboxylic acids is 2. The van der Waals surface area contributed by atoms with Gasteiger partial charge in [0.05, 0.1) is 81.2 Å². The zero-order valence-corrected chi connectivity index (χ0v) is 74.8. The van der Waals surface area contributed by atoms with Crippen LogP contribution in [0.4, 0.5) is 9.59 Å². The summed E-state index contributed by atoms with van der Waals surface area (Å²) in [6.07, 6.45) is 16.4. The van der Waals surface area contributed by atoms with Gasteiger partial charge in [0.2, 0.25) is 0 Å². The highest BCUT2D eigenvalue weighted by Gasteiger charge is 2.87. The SMILES string of the molecule is C.C.C.C=C(C)[C@@H](O)[C@H]1C[C@@H](C)[C@H]2[C@H](O1)[C@H](O[Si](CC)(CC)CC)[C@@]1(C)[C@@H]3CC[C@H]4C(C)(C)[C@@H](O[C@H]5CN(C(=O)OC(C)(C)C)CCO5)CCC45C[C@@]35CC[C@]21C.CC[Si](CC)(CC)O[C@H]1[C@H]2O[C@@H]([C@H](O)C(C)C)C[C@@H](C)[C@@H]2[C@@]2(C)CC[C@@]34CC35CC[C@H](O[C@H]3CN(C(=O)OC(C)(C)C)CCO3)C(C)(C)[C@@H]5CC[C@H]4[C@]12C.[HH]. The van der Waals surface area contributed by atoms with E-state index in [0.29, 0.717) is 108 Å². The van der Waals surface area contributed by atoms with Gasteiger partial charge in [0.25, 0.3) is 0 Å². The Kier molecular flexibility index (Phi) is 26.2. The molecule has 0 aromatic heterocycles.